The van der Waals surface area contributed by atoms with E-state index >= 15 is 0 Å². The van der Waals surface area contributed by atoms with E-state index in [0.717, 1.165) is 13.0 Å². The van der Waals surface area contributed by atoms with Crippen LogP contribution < -0.4 is 10.6 Å². The first-order valence-corrected chi connectivity index (χ1v) is 6.18. The number of nitriles is 1. The van der Waals surface area contributed by atoms with Crippen LogP contribution in [0.25, 0.3) is 0 Å². The number of aromatic nitrogens is 1. The number of nitrogens with two attached hydrogens (primary N) is 1. The van der Waals surface area contributed by atoms with Gasteiger partial charge in [-0.05, 0) is 18.4 Å². The molecule has 0 radical (unpaired) electrons. The highest BCUT2D eigenvalue weighted by atomic mass is 35.5. The minimum absolute atomic E-state index is 0.207. The van der Waals surface area contributed by atoms with Gasteiger partial charge >= 0.3 is 0 Å². The maximum atomic E-state index is 9.79. The predicted octanol–water partition coefficient (Wildman–Crippen LogP) is 1.40. The second-order valence-electron chi connectivity index (χ2n) is 4.74. The third kappa shape index (κ3) is 2.50. The van der Waals surface area contributed by atoms with Gasteiger partial charge in [-0.2, -0.15) is 5.26 Å². The number of nitrogen functional groups attached to an aromatic ring is 1. The average Bonchev–Trinajstić information content (AvgIpc) is 2.30. The Kier molecular flexibility index (Phi) is 3.60. The molecular weight excluding hydrogens is 252 g/mol. The van der Waals surface area contributed by atoms with E-state index in [4.69, 9.17) is 22.6 Å². The van der Waals surface area contributed by atoms with E-state index in [-0.39, 0.29) is 10.8 Å². The van der Waals surface area contributed by atoms with Crippen molar-refractivity contribution in [3.63, 3.8) is 0 Å². The lowest BCUT2D eigenvalue weighted by molar-refractivity contribution is 0.132. The zero-order valence-electron chi connectivity index (χ0n) is 10.1. The molecule has 2 rings (SSSR count). The lowest BCUT2D eigenvalue weighted by Gasteiger charge is -2.35. The smallest absolute Gasteiger partial charge is 0.149 e. The van der Waals surface area contributed by atoms with Crippen molar-refractivity contribution in [3.8, 4) is 6.07 Å². The van der Waals surface area contributed by atoms with Gasteiger partial charge in [0.05, 0.1) is 16.7 Å². The van der Waals surface area contributed by atoms with Gasteiger partial charge in [-0.15, -0.1) is 0 Å². The molecule has 0 saturated carbocycles. The number of nitrogens with zero attached hydrogens (tertiary/aromatic N) is 3. The second kappa shape index (κ2) is 5.01. The fraction of sp³-hybridized carbons (Fsp3) is 0.500. The van der Waals surface area contributed by atoms with Gasteiger partial charge in [-0.3, -0.25) is 0 Å². The molecule has 18 heavy (non-hydrogen) atoms. The first-order valence-electron chi connectivity index (χ1n) is 5.80. The zero-order valence-corrected chi connectivity index (χ0v) is 10.9. The van der Waals surface area contributed by atoms with Crippen LogP contribution in [0, 0.1) is 17.2 Å². The maximum Gasteiger partial charge on any atom is 0.149 e. The number of anilines is 2. The molecule has 3 N–H and O–H groups in total. The summed E-state index contributed by atoms with van der Waals surface area (Å²) < 4.78 is 0. The van der Waals surface area contributed by atoms with E-state index in [0.29, 0.717) is 23.8 Å². The number of pyridine rings is 1. The molecule has 0 aromatic carbocycles. The van der Waals surface area contributed by atoms with Crippen LogP contribution in [0.2, 0.25) is 5.02 Å². The van der Waals surface area contributed by atoms with Crippen molar-refractivity contribution < 1.29 is 5.11 Å². The zero-order chi connectivity index (χ0) is 13.3. The third-order valence-electron chi connectivity index (χ3n) is 3.04. The molecule has 1 aromatic heterocycles. The van der Waals surface area contributed by atoms with Crippen LogP contribution in [0.4, 0.5) is 11.6 Å². The number of halogens is 1. The second-order valence-corrected chi connectivity index (χ2v) is 5.15. The van der Waals surface area contributed by atoms with Crippen LogP contribution in [0.3, 0.4) is 0 Å². The average molecular weight is 267 g/mol. The van der Waals surface area contributed by atoms with Crippen molar-refractivity contribution in [1.82, 2.24) is 4.98 Å². The number of aliphatic hydroxyl groups excluding tert-OH is 1. The minimum atomic E-state index is -0.404. The number of piperidine rings is 1. The van der Waals surface area contributed by atoms with Gasteiger partial charge in [-0.1, -0.05) is 18.5 Å². The Labute approximate surface area is 111 Å². The van der Waals surface area contributed by atoms with E-state index < -0.39 is 6.10 Å². The Morgan fingerprint density at radius 3 is 2.94 bits per heavy atom. The van der Waals surface area contributed by atoms with Crippen molar-refractivity contribution in [3.05, 3.63) is 16.7 Å². The number of rotatable bonds is 1. The molecule has 96 valence electrons. The summed E-state index contributed by atoms with van der Waals surface area (Å²) in [5.41, 5.74) is 6.06. The third-order valence-corrected chi connectivity index (χ3v) is 3.34. The highest BCUT2D eigenvalue weighted by Gasteiger charge is 2.26. The predicted molar refractivity (Wildman–Crippen MR) is 70.4 cm³/mol. The molecule has 5 nitrogen and oxygen atoms in total. The fourth-order valence-corrected chi connectivity index (χ4v) is 2.46. The lowest BCUT2D eigenvalue weighted by Crippen LogP contribution is -2.43. The topological polar surface area (TPSA) is 86.2 Å². The Morgan fingerprint density at radius 1 is 1.61 bits per heavy atom. The van der Waals surface area contributed by atoms with Gasteiger partial charge in [-0.25, -0.2) is 4.98 Å². The molecule has 1 aromatic rings. The van der Waals surface area contributed by atoms with Crippen molar-refractivity contribution in [2.45, 2.75) is 19.4 Å². The molecule has 0 spiro atoms. The SMILES string of the molecule is CC1CC(O)CN(c2nc(N)c(Cl)cc2C#N)C1. The summed E-state index contributed by atoms with van der Waals surface area (Å²) in [7, 11) is 0. The summed E-state index contributed by atoms with van der Waals surface area (Å²) >= 11 is 5.85. The molecule has 0 bridgehead atoms. The number of hydrogen-bond donors (Lipinski definition) is 2. The van der Waals surface area contributed by atoms with Crippen LogP contribution in [0.15, 0.2) is 6.07 Å². The van der Waals surface area contributed by atoms with Gasteiger partial charge in [0.2, 0.25) is 0 Å². The molecule has 6 heteroatoms. The summed E-state index contributed by atoms with van der Waals surface area (Å²) in [5.74, 6) is 1.06. The Balaban J connectivity index is 2.38. The van der Waals surface area contributed by atoms with E-state index in [9.17, 15) is 5.11 Å². The molecule has 1 saturated heterocycles. The molecule has 2 atom stereocenters. The number of β-amino-alcohol motifs (C(OH)–C–C–N with tert-alkyl or cyclic N) is 1. The van der Waals surface area contributed by atoms with Crippen molar-refractivity contribution in [1.29, 1.82) is 5.26 Å². The van der Waals surface area contributed by atoms with E-state index in [1.54, 1.807) is 0 Å². The van der Waals surface area contributed by atoms with Gasteiger partial charge in [0.15, 0.2) is 0 Å². The van der Waals surface area contributed by atoms with Crippen molar-refractivity contribution >= 4 is 23.2 Å². The number of hydrogen-bond acceptors (Lipinski definition) is 5. The molecule has 0 amide bonds. The molecular formula is C12H15ClN4O. The van der Waals surface area contributed by atoms with Crippen molar-refractivity contribution in [2.24, 2.45) is 5.92 Å². The highest BCUT2D eigenvalue weighted by molar-refractivity contribution is 6.32. The minimum Gasteiger partial charge on any atom is -0.391 e. The van der Waals surface area contributed by atoms with Crippen LogP contribution >= 0.6 is 11.6 Å². The fourth-order valence-electron chi connectivity index (χ4n) is 2.31. The van der Waals surface area contributed by atoms with Gasteiger partial charge in [0, 0.05) is 13.1 Å². The Bertz CT molecular complexity index is 490. The first kappa shape index (κ1) is 12.9. The van der Waals surface area contributed by atoms with E-state index in [1.165, 1.54) is 6.07 Å². The molecule has 1 fully saturated rings. The van der Waals surface area contributed by atoms with E-state index in [1.807, 2.05) is 4.90 Å². The van der Waals surface area contributed by atoms with Gasteiger partial charge < -0.3 is 15.7 Å². The summed E-state index contributed by atoms with van der Waals surface area (Å²) in [6.45, 7) is 3.27. The molecule has 1 aliphatic heterocycles. The quantitative estimate of drug-likeness (QED) is 0.802. The van der Waals surface area contributed by atoms with Crippen LogP contribution in [0.1, 0.15) is 18.9 Å². The first-order chi connectivity index (χ1) is 8.51. The van der Waals surface area contributed by atoms with Crippen LogP contribution in [0.5, 0.6) is 0 Å². The van der Waals surface area contributed by atoms with Crippen LogP contribution in [-0.2, 0) is 0 Å². The largest absolute Gasteiger partial charge is 0.391 e. The normalized spacial score (nSPS) is 23.8. The number of aliphatic hydroxyl groups is 1. The molecule has 1 aliphatic rings. The van der Waals surface area contributed by atoms with Gasteiger partial charge in [0.1, 0.15) is 17.7 Å². The van der Waals surface area contributed by atoms with Crippen LogP contribution in [-0.4, -0.2) is 29.3 Å². The summed E-state index contributed by atoms with van der Waals surface area (Å²) in [5, 5.41) is 19.2. The summed E-state index contributed by atoms with van der Waals surface area (Å²) in [6.07, 6.45) is 0.362. The summed E-state index contributed by atoms with van der Waals surface area (Å²) in [6, 6.07) is 3.58. The Morgan fingerprint density at radius 2 is 2.33 bits per heavy atom. The standard InChI is InChI=1S/C12H15ClN4O/c1-7-2-9(18)6-17(5-7)12-8(4-14)3-10(13)11(15)16-12/h3,7,9,18H,2,5-6H2,1H3,(H2,15,16). The maximum absolute atomic E-state index is 9.79. The van der Waals surface area contributed by atoms with E-state index in [2.05, 4.69) is 18.0 Å². The molecule has 0 aliphatic carbocycles. The monoisotopic (exact) mass is 266 g/mol. The van der Waals surface area contributed by atoms with Gasteiger partial charge in [0.25, 0.3) is 0 Å². The lowest BCUT2D eigenvalue weighted by atomic mass is 9.97. The summed E-state index contributed by atoms with van der Waals surface area (Å²) in [4.78, 5) is 6.07. The molecule has 2 unspecified atom stereocenters. The molecule has 2 heterocycles. The van der Waals surface area contributed by atoms with Crippen molar-refractivity contribution in [2.75, 3.05) is 23.7 Å². The highest BCUT2D eigenvalue weighted by Crippen LogP contribution is 2.28. The Hall–Kier alpha value is -1.51.